The Bertz CT molecular complexity index is 1460. The van der Waals surface area contributed by atoms with E-state index in [1.807, 2.05) is 0 Å². The summed E-state index contributed by atoms with van der Waals surface area (Å²) in [6.45, 7) is -3.13. The lowest BCUT2D eigenvalue weighted by molar-refractivity contribution is -0.292. The van der Waals surface area contributed by atoms with Gasteiger partial charge < -0.3 is 65.3 Å². The number of phosphoric ester groups is 1. The first-order valence-corrected chi connectivity index (χ1v) is 16.2. The maximum atomic E-state index is 12.6. The Kier molecular flexibility index (Phi) is 10.2. The van der Waals surface area contributed by atoms with Crippen LogP contribution in [0.1, 0.15) is 11.7 Å². The van der Waals surface area contributed by atoms with Crippen LogP contribution in [0.3, 0.4) is 0 Å². The molecule has 20 nitrogen and oxygen atoms in total. The molecular formula is C20H29N5O15P2S. The van der Waals surface area contributed by atoms with Gasteiger partial charge in [0, 0.05) is 5.56 Å². The van der Waals surface area contributed by atoms with Crippen molar-refractivity contribution >= 4 is 37.9 Å². The number of nitrogen functional groups attached to an aromatic ring is 1. The molecule has 7 unspecified atom stereocenters. The zero-order valence-electron chi connectivity index (χ0n) is 21.7. The van der Waals surface area contributed by atoms with Crippen molar-refractivity contribution in [2.45, 2.75) is 60.7 Å². The van der Waals surface area contributed by atoms with Crippen LogP contribution in [0.5, 0.6) is 0 Å². The summed E-state index contributed by atoms with van der Waals surface area (Å²) in [7, 11) is -5.49. The van der Waals surface area contributed by atoms with E-state index in [1.54, 1.807) is 0 Å². The number of hydrogen-bond donors (Lipinski definition) is 10. The van der Waals surface area contributed by atoms with Gasteiger partial charge in [0.25, 0.3) is 0 Å². The Morgan fingerprint density at radius 1 is 1.23 bits per heavy atom. The van der Waals surface area contributed by atoms with Gasteiger partial charge in [0.1, 0.15) is 60.8 Å². The van der Waals surface area contributed by atoms with E-state index in [0.717, 1.165) is 16.9 Å². The van der Waals surface area contributed by atoms with Gasteiger partial charge in [-0.3, -0.25) is 4.52 Å². The summed E-state index contributed by atoms with van der Waals surface area (Å²) < 4.78 is 38.8. The second-order valence-corrected chi connectivity index (χ2v) is 13.8. The average molecular weight is 673 g/mol. The van der Waals surface area contributed by atoms with E-state index in [2.05, 4.69) is 36.2 Å². The minimum atomic E-state index is -5.49. The van der Waals surface area contributed by atoms with Crippen molar-refractivity contribution in [2.24, 2.45) is 0 Å². The Morgan fingerprint density at radius 3 is 2.58 bits per heavy atom. The number of nitrogens with zero attached hydrogens (tertiary/aromatic N) is 4. The molecule has 2 saturated heterocycles. The third-order valence-electron chi connectivity index (χ3n) is 6.55. The number of nitrogens with two attached hydrogens (primary N) is 1. The van der Waals surface area contributed by atoms with Crippen LogP contribution >= 0.6 is 14.5 Å². The molecule has 0 saturated carbocycles. The van der Waals surface area contributed by atoms with Gasteiger partial charge in [0.05, 0.1) is 19.4 Å². The predicted octanol–water partition coefficient (Wildman–Crippen LogP) is -3.89. The zero-order valence-corrected chi connectivity index (χ0v) is 24.3. The molecule has 4 heterocycles. The Hall–Kier alpha value is -1.81. The topological polar surface area (TPSA) is 314 Å². The molecule has 2 fully saturated rings. The average Bonchev–Trinajstić information content (AvgIpc) is 3.46. The fourth-order valence-electron chi connectivity index (χ4n) is 4.48. The molecule has 2 aromatic heterocycles. The Balaban J connectivity index is 1.46. The molecule has 0 spiro atoms. The molecule has 2 aromatic rings. The van der Waals surface area contributed by atoms with Gasteiger partial charge >= 0.3 is 14.5 Å². The summed E-state index contributed by atoms with van der Waals surface area (Å²) in [4.78, 5) is 28.5. The van der Waals surface area contributed by atoms with Gasteiger partial charge in [-0.25, -0.2) is 18.8 Å². The first-order chi connectivity index (χ1) is 20.0. The van der Waals surface area contributed by atoms with Gasteiger partial charge in [-0.1, -0.05) is 6.58 Å². The third kappa shape index (κ3) is 6.90. The lowest BCUT2D eigenvalue weighted by Gasteiger charge is -2.41. The van der Waals surface area contributed by atoms with E-state index in [0.29, 0.717) is 0 Å². The van der Waals surface area contributed by atoms with Crippen LogP contribution in [-0.2, 0) is 39.2 Å². The number of aromatic nitrogens is 4. The number of phosphoric acid groups is 1. The molecule has 0 bridgehead atoms. The van der Waals surface area contributed by atoms with Crippen LogP contribution < -0.4 is 5.73 Å². The Labute approximate surface area is 246 Å². The van der Waals surface area contributed by atoms with Crippen molar-refractivity contribution < 1.29 is 72.9 Å². The van der Waals surface area contributed by atoms with Gasteiger partial charge in [0.15, 0.2) is 11.9 Å². The lowest BCUT2D eigenvalue weighted by atomic mass is 9.87. The highest BCUT2D eigenvalue weighted by molar-refractivity contribution is 8.08. The molecule has 0 radical (unpaired) electrons. The van der Waals surface area contributed by atoms with Crippen molar-refractivity contribution in [3.8, 4) is 0 Å². The molecule has 11 N–H and O–H groups in total. The van der Waals surface area contributed by atoms with Gasteiger partial charge in [-0.2, -0.15) is 9.61 Å². The highest BCUT2D eigenvalue weighted by Gasteiger charge is 2.56. The maximum Gasteiger partial charge on any atom is 0.481 e. The van der Waals surface area contributed by atoms with Crippen LogP contribution in [0.15, 0.2) is 30.9 Å². The summed E-state index contributed by atoms with van der Waals surface area (Å²) in [5.74, 6) is -0.0387. The number of ether oxygens (including phenoxy) is 2. The first kappa shape index (κ1) is 34.1. The molecule has 23 heteroatoms. The highest BCUT2D eigenvalue weighted by atomic mass is 32.5. The molecule has 0 amide bonds. The number of fused-ring (bicyclic) bond motifs is 1. The Morgan fingerprint density at radius 2 is 1.93 bits per heavy atom. The largest absolute Gasteiger partial charge is 0.481 e. The van der Waals surface area contributed by atoms with Gasteiger partial charge in [-0.15, -0.1) is 5.73 Å². The van der Waals surface area contributed by atoms with Crippen LogP contribution in [-0.4, -0.2) is 133 Å². The maximum absolute atomic E-state index is 12.6. The van der Waals surface area contributed by atoms with Crippen LogP contribution in [0.4, 0.5) is 5.95 Å². The lowest BCUT2D eigenvalue weighted by Crippen LogP contribution is -2.61. The number of anilines is 1. The minimum absolute atomic E-state index is 0.0387. The summed E-state index contributed by atoms with van der Waals surface area (Å²) in [5.41, 5.74) is 6.20. The van der Waals surface area contributed by atoms with E-state index in [1.165, 1.54) is 6.20 Å². The quantitative estimate of drug-likeness (QED) is 0.0805. The molecule has 240 valence electrons. The SMILES string of the molecule is C=C=C[C@@]1(O)[C@H](O)[C@@H](COP(O)(=S)OP(=O)(O)OC2OC([C@@H](O)CO)C(O)C(O)C2O)O[C@H]1c1cnn2c(N)ncnc12. The van der Waals surface area contributed by atoms with E-state index in [9.17, 15) is 45.0 Å². The van der Waals surface area contributed by atoms with Crippen molar-refractivity contribution in [3.63, 3.8) is 0 Å². The smallest absolute Gasteiger partial charge is 0.394 e. The minimum Gasteiger partial charge on any atom is -0.394 e. The second kappa shape index (κ2) is 12.9. The van der Waals surface area contributed by atoms with E-state index in [4.69, 9.17) is 36.6 Å². The van der Waals surface area contributed by atoms with Gasteiger partial charge in [0.2, 0.25) is 5.95 Å². The van der Waals surface area contributed by atoms with E-state index in [-0.39, 0.29) is 17.2 Å². The molecule has 2 aliphatic heterocycles. The van der Waals surface area contributed by atoms with Crippen molar-refractivity contribution in [2.75, 3.05) is 18.9 Å². The molecular weight excluding hydrogens is 644 g/mol. The molecule has 0 aromatic carbocycles. The summed E-state index contributed by atoms with van der Waals surface area (Å²) in [6, 6.07) is 0. The third-order valence-corrected chi connectivity index (χ3v) is 10.1. The number of rotatable bonds is 11. The molecule has 0 aliphatic carbocycles. The van der Waals surface area contributed by atoms with Crippen molar-refractivity contribution in [3.05, 3.63) is 36.5 Å². The second-order valence-electron chi connectivity index (χ2n) is 9.41. The summed E-state index contributed by atoms with van der Waals surface area (Å²) in [5, 5.41) is 75.2. The fraction of sp³-hybridized carbons (Fsp3) is 0.600. The molecule has 12 atom stereocenters. The predicted molar refractivity (Wildman–Crippen MR) is 142 cm³/mol. The number of aliphatic hydroxyl groups is 7. The summed E-state index contributed by atoms with van der Waals surface area (Å²) >= 11 is 4.75. The number of hydrogen-bond acceptors (Lipinski definition) is 18. The van der Waals surface area contributed by atoms with Crippen LogP contribution in [0, 0.1) is 0 Å². The number of aliphatic hydroxyl groups excluding tert-OH is 6. The normalized spacial score (nSPS) is 36.5. The van der Waals surface area contributed by atoms with Crippen LogP contribution in [0.25, 0.3) is 5.65 Å². The van der Waals surface area contributed by atoms with Crippen molar-refractivity contribution in [1.29, 1.82) is 0 Å². The molecule has 2 aliphatic rings. The highest BCUT2D eigenvalue weighted by Crippen LogP contribution is 2.62. The van der Waals surface area contributed by atoms with Crippen LogP contribution in [0.2, 0.25) is 0 Å². The first-order valence-electron chi connectivity index (χ1n) is 12.1. The standard InChI is InChI=1S/C20H29N5O15P2S/c1-2-3-20(32)15(31)10(37-16(20)8-4-24-25-17(8)22-7-23-19(25)21)6-36-42(35,43)40-41(33,34)39-18-13(30)11(28)12(29)14(38-18)9(27)5-26/h3-4,7,9-16,18,26-32H,1,5-6H2,(H,33,34)(H,35,43)(H2,21,22,23)/t9-,10+,11?,12?,13?,14?,15+,16-,18?,20+,42?/m0/s1. The summed E-state index contributed by atoms with van der Waals surface area (Å²) in [6.07, 6.45) is -13.2. The fourth-order valence-corrected chi connectivity index (χ4v) is 7.58. The van der Waals surface area contributed by atoms with Gasteiger partial charge in [-0.05, 0) is 17.9 Å². The molecule has 4 rings (SSSR count). The van der Waals surface area contributed by atoms with Crippen molar-refractivity contribution in [1.82, 2.24) is 19.6 Å². The van der Waals surface area contributed by atoms with E-state index >= 15 is 0 Å². The monoisotopic (exact) mass is 673 g/mol. The molecule has 43 heavy (non-hydrogen) atoms. The zero-order chi connectivity index (χ0) is 31.9. The van der Waals surface area contributed by atoms with E-state index < -0.39 is 88.5 Å².